The fourth-order valence-corrected chi connectivity index (χ4v) is 2.03. The molecule has 0 spiro atoms. The molecule has 2 rings (SSSR count). The maximum atomic E-state index is 11.8. The topological polar surface area (TPSA) is 49.4 Å². The highest BCUT2D eigenvalue weighted by Gasteiger charge is 2.25. The maximum absolute atomic E-state index is 11.8. The van der Waals surface area contributed by atoms with Crippen LogP contribution in [0.5, 0.6) is 0 Å². The van der Waals surface area contributed by atoms with Gasteiger partial charge in [-0.25, -0.2) is 0 Å². The molecule has 1 heterocycles. The maximum Gasteiger partial charge on any atom is 0.246 e. The molecule has 0 saturated carbocycles. The zero-order chi connectivity index (χ0) is 12.3. The number of carbonyl (C=O) groups excluding carboxylic acids is 2. The predicted octanol–water partition coefficient (Wildman–Crippen LogP) is 1.10. The number of para-hydroxylation sites is 1. The molecular formula is C13H16N2O2. The van der Waals surface area contributed by atoms with Crippen LogP contribution in [0.4, 0.5) is 5.69 Å². The zero-order valence-electron chi connectivity index (χ0n) is 9.90. The van der Waals surface area contributed by atoms with Gasteiger partial charge in [0.05, 0.1) is 6.54 Å². The van der Waals surface area contributed by atoms with E-state index in [9.17, 15) is 9.59 Å². The van der Waals surface area contributed by atoms with Crippen molar-refractivity contribution in [3.63, 3.8) is 0 Å². The van der Waals surface area contributed by atoms with Crippen molar-refractivity contribution in [1.29, 1.82) is 0 Å². The molecule has 17 heavy (non-hydrogen) atoms. The smallest absolute Gasteiger partial charge is 0.246 e. The van der Waals surface area contributed by atoms with Crippen molar-refractivity contribution in [1.82, 2.24) is 5.32 Å². The van der Waals surface area contributed by atoms with Gasteiger partial charge in [-0.05, 0) is 18.1 Å². The van der Waals surface area contributed by atoms with Gasteiger partial charge in [-0.3, -0.25) is 9.59 Å². The standard InChI is InChI=1S/C13H16N2O2/c1-2-5-10-6-3-4-7-11(10)15-9-12(16)14-8-13(15)17/h3-4,6-7H,2,5,8-9H2,1H3,(H,14,16). The molecule has 0 aromatic heterocycles. The van der Waals surface area contributed by atoms with Crippen molar-refractivity contribution in [3.8, 4) is 0 Å². The highest BCUT2D eigenvalue weighted by atomic mass is 16.2. The normalized spacial score (nSPS) is 15.9. The predicted molar refractivity (Wildman–Crippen MR) is 65.8 cm³/mol. The molecule has 0 atom stereocenters. The first-order valence-electron chi connectivity index (χ1n) is 5.87. The van der Waals surface area contributed by atoms with E-state index in [1.807, 2.05) is 24.3 Å². The van der Waals surface area contributed by atoms with Gasteiger partial charge in [0, 0.05) is 5.69 Å². The molecule has 1 aromatic carbocycles. The summed E-state index contributed by atoms with van der Waals surface area (Å²) in [4.78, 5) is 24.7. The van der Waals surface area contributed by atoms with Crippen molar-refractivity contribution in [3.05, 3.63) is 29.8 Å². The van der Waals surface area contributed by atoms with E-state index in [4.69, 9.17) is 0 Å². The van der Waals surface area contributed by atoms with Crippen LogP contribution in [-0.2, 0) is 16.0 Å². The summed E-state index contributed by atoms with van der Waals surface area (Å²) in [5.74, 6) is -0.149. The summed E-state index contributed by atoms with van der Waals surface area (Å²) < 4.78 is 0. The number of rotatable bonds is 3. The zero-order valence-corrected chi connectivity index (χ0v) is 9.90. The second-order valence-corrected chi connectivity index (χ2v) is 4.14. The molecule has 1 saturated heterocycles. The number of aryl methyl sites for hydroxylation is 1. The molecule has 1 N–H and O–H groups in total. The van der Waals surface area contributed by atoms with Crippen molar-refractivity contribution in [2.24, 2.45) is 0 Å². The van der Waals surface area contributed by atoms with Crippen molar-refractivity contribution in [2.45, 2.75) is 19.8 Å². The minimum absolute atomic E-state index is 0.0480. The Bertz CT molecular complexity index is 443. The number of piperazine rings is 1. The fraction of sp³-hybridized carbons (Fsp3) is 0.385. The molecular weight excluding hydrogens is 216 g/mol. The van der Waals surface area contributed by atoms with Crippen molar-refractivity contribution < 1.29 is 9.59 Å². The van der Waals surface area contributed by atoms with Gasteiger partial charge in [0.1, 0.15) is 6.54 Å². The number of amides is 2. The highest BCUT2D eigenvalue weighted by molar-refractivity contribution is 6.04. The lowest BCUT2D eigenvalue weighted by atomic mass is 10.1. The van der Waals surface area contributed by atoms with Crippen LogP contribution >= 0.6 is 0 Å². The average molecular weight is 232 g/mol. The number of hydrogen-bond acceptors (Lipinski definition) is 2. The van der Waals surface area contributed by atoms with Gasteiger partial charge >= 0.3 is 0 Å². The highest BCUT2D eigenvalue weighted by Crippen LogP contribution is 2.22. The van der Waals surface area contributed by atoms with Crippen LogP contribution < -0.4 is 10.2 Å². The van der Waals surface area contributed by atoms with Crippen LogP contribution in [0.15, 0.2) is 24.3 Å². The van der Waals surface area contributed by atoms with E-state index < -0.39 is 0 Å². The molecule has 4 heteroatoms. The molecule has 1 aliphatic heterocycles. The largest absolute Gasteiger partial charge is 0.345 e. The molecule has 0 unspecified atom stereocenters. The van der Waals surface area contributed by atoms with Gasteiger partial charge in [0.2, 0.25) is 11.8 Å². The van der Waals surface area contributed by atoms with Gasteiger partial charge in [-0.1, -0.05) is 31.5 Å². The van der Waals surface area contributed by atoms with Crippen LogP contribution in [0, 0.1) is 0 Å². The van der Waals surface area contributed by atoms with Gasteiger partial charge in [-0.2, -0.15) is 0 Å². The third-order valence-electron chi connectivity index (χ3n) is 2.84. The Morgan fingerprint density at radius 1 is 1.29 bits per heavy atom. The molecule has 1 aromatic rings. The van der Waals surface area contributed by atoms with Gasteiger partial charge < -0.3 is 10.2 Å². The third-order valence-corrected chi connectivity index (χ3v) is 2.84. The van der Waals surface area contributed by atoms with Gasteiger partial charge in [0.25, 0.3) is 0 Å². The second kappa shape index (κ2) is 4.99. The molecule has 1 aliphatic rings. The molecule has 1 fully saturated rings. The summed E-state index contributed by atoms with van der Waals surface area (Å²) in [6, 6.07) is 7.78. The average Bonchev–Trinajstić information content (AvgIpc) is 2.34. The second-order valence-electron chi connectivity index (χ2n) is 4.14. The van der Waals surface area contributed by atoms with Crippen LogP contribution in [-0.4, -0.2) is 24.9 Å². The van der Waals surface area contributed by atoms with Gasteiger partial charge in [0.15, 0.2) is 0 Å². The molecule has 0 bridgehead atoms. The van der Waals surface area contributed by atoms with Crippen LogP contribution in [0.2, 0.25) is 0 Å². The van der Waals surface area contributed by atoms with Crippen LogP contribution in [0.25, 0.3) is 0 Å². The lowest BCUT2D eigenvalue weighted by Crippen LogP contribution is -2.52. The number of anilines is 1. The Kier molecular flexibility index (Phi) is 3.42. The molecule has 90 valence electrons. The number of carbonyl (C=O) groups is 2. The summed E-state index contributed by atoms with van der Waals surface area (Å²) in [6.07, 6.45) is 1.94. The van der Waals surface area contributed by atoms with Crippen molar-refractivity contribution in [2.75, 3.05) is 18.0 Å². The summed E-state index contributed by atoms with van der Waals surface area (Å²) >= 11 is 0. The Balaban J connectivity index is 2.31. The number of nitrogens with zero attached hydrogens (tertiary/aromatic N) is 1. The number of hydrogen-bond donors (Lipinski definition) is 1. The summed E-state index contributed by atoms with van der Waals surface area (Å²) in [6.45, 7) is 2.32. The van der Waals surface area contributed by atoms with E-state index in [-0.39, 0.29) is 24.9 Å². The summed E-state index contributed by atoms with van der Waals surface area (Å²) in [7, 11) is 0. The van der Waals surface area contributed by atoms with E-state index in [1.165, 1.54) is 0 Å². The monoisotopic (exact) mass is 232 g/mol. The first-order chi connectivity index (χ1) is 8.22. The molecule has 2 amide bonds. The van der Waals surface area contributed by atoms with Crippen LogP contribution in [0.1, 0.15) is 18.9 Å². The minimum atomic E-state index is -0.101. The Hall–Kier alpha value is -1.84. The first kappa shape index (κ1) is 11.6. The van der Waals surface area contributed by atoms with E-state index in [0.29, 0.717) is 0 Å². The molecule has 0 aliphatic carbocycles. The first-order valence-corrected chi connectivity index (χ1v) is 5.87. The van der Waals surface area contributed by atoms with E-state index in [0.717, 1.165) is 24.1 Å². The minimum Gasteiger partial charge on any atom is -0.345 e. The quantitative estimate of drug-likeness (QED) is 0.848. The number of benzene rings is 1. The Morgan fingerprint density at radius 3 is 2.82 bits per heavy atom. The molecule has 4 nitrogen and oxygen atoms in total. The lowest BCUT2D eigenvalue weighted by Gasteiger charge is -2.28. The third kappa shape index (κ3) is 2.46. The SMILES string of the molecule is CCCc1ccccc1N1CC(=O)NCC1=O. The Morgan fingerprint density at radius 2 is 2.06 bits per heavy atom. The number of nitrogens with one attached hydrogen (secondary N) is 1. The van der Waals surface area contributed by atoms with E-state index in [1.54, 1.807) is 4.90 Å². The fourth-order valence-electron chi connectivity index (χ4n) is 2.03. The Labute approximate surface area is 101 Å². The lowest BCUT2D eigenvalue weighted by molar-refractivity contribution is -0.128. The summed E-state index contributed by atoms with van der Waals surface area (Å²) in [5.41, 5.74) is 1.99. The van der Waals surface area contributed by atoms with E-state index in [2.05, 4.69) is 12.2 Å². The van der Waals surface area contributed by atoms with Crippen LogP contribution in [0.3, 0.4) is 0 Å². The van der Waals surface area contributed by atoms with Gasteiger partial charge in [-0.15, -0.1) is 0 Å². The van der Waals surface area contributed by atoms with Crippen molar-refractivity contribution >= 4 is 17.5 Å². The summed E-state index contributed by atoms with van der Waals surface area (Å²) in [5, 5.41) is 2.55. The molecule has 0 radical (unpaired) electrons. The van der Waals surface area contributed by atoms with E-state index >= 15 is 0 Å².